The maximum Gasteiger partial charge on any atom is 0.337 e. The zero-order valence-corrected chi connectivity index (χ0v) is 11.0. The predicted octanol–water partition coefficient (Wildman–Crippen LogP) is 2.31. The maximum atomic E-state index is 11.1. The molecule has 0 bridgehead atoms. The summed E-state index contributed by atoms with van der Waals surface area (Å²) in [5, 5.41) is 12.5. The summed E-state index contributed by atoms with van der Waals surface area (Å²) in [6, 6.07) is 3.29. The van der Waals surface area contributed by atoms with Crippen molar-refractivity contribution in [2.24, 2.45) is 17.8 Å². The Morgan fingerprint density at radius 3 is 2.63 bits per heavy atom. The first kappa shape index (κ1) is 12.6. The van der Waals surface area contributed by atoms with Crippen LogP contribution in [0.1, 0.15) is 41.7 Å². The molecule has 2 fully saturated rings. The van der Waals surface area contributed by atoms with Gasteiger partial charge >= 0.3 is 5.97 Å². The first-order valence-electron chi connectivity index (χ1n) is 7.13. The average Bonchev–Trinajstić information content (AvgIpc) is 3.28. The standard InChI is InChI=1S/C15H20N2O2/c18-15(19)12-2-1-7-17-14(12)9-16-8-13(10-3-4-10)11-5-6-11/h1-2,7,10-11,13,16H,3-6,8-9H2,(H,18,19). The minimum atomic E-state index is -0.897. The molecule has 102 valence electrons. The van der Waals surface area contributed by atoms with Crippen LogP contribution >= 0.6 is 0 Å². The summed E-state index contributed by atoms with van der Waals surface area (Å²) in [4.78, 5) is 15.3. The van der Waals surface area contributed by atoms with Crippen molar-refractivity contribution < 1.29 is 9.90 Å². The van der Waals surface area contributed by atoms with Crippen LogP contribution in [0.15, 0.2) is 18.3 Å². The number of nitrogens with one attached hydrogen (secondary N) is 1. The molecule has 1 aromatic rings. The highest BCUT2D eigenvalue weighted by atomic mass is 16.4. The second-order valence-corrected chi connectivity index (χ2v) is 5.77. The largest absolute Gasteiger partial charge is 0.478 e. The molecule has 0 aliphatic heterocycles. The quantitative estimate of drug-likeness (QED) is 0.789. The van der Waals surface area contributed by atoms with E-state index in [1.54, 1.807) is 18.3 Å². The number of carboxylic acid groups (broad SMARTS) is 1. The fourth-order valence-electron chi connectivity index (χ4n) is 2.90. The van der Waals surface area contributed by atoms with Crippen LogP contribution in [0.2, 0.25) is 0 Å². The van der Waals surface area contributed by atoms with Crippen LogP contribution in [-0.2, 0) is 6.54 Å². The monoisotopic (exact) mass is 260 g/mol. The molecule has 2 N–H and O–H groups in total. The van der Waals surface area contributed by atoms with Crippen LogP contribution in [0.3, 0.4) is 0 Å². The summed E-state index contributed by atoms with van der Waals surface area (Å²) in [7, 11) is 0. The minimum Gasteiger partial charge on any atom is -0.478 e. The molecule has 0 unspecified atom stereocenters. The minimum absolute atomic E-state index is 0.310. The number of nitrogens with zero attached hydrogens (tertiary/aromatic N) is 1. The van der Waals surface area contributed by atoms with Crippen LogP contribution in [0.25, 0.3) is 0 Å². The highest BCUT2D eigenvalue weighted by Gasteiger charge is 2.40. The summed E-state index contributed by atoms with van der Waals surface area (Å²) >= 11 is 0. The van der Waals surface area contributed by atoms with Gasteiger partial charge in [0.1, 0.15) is 0 Å². The van der Waals surface area contributed by atoms with Crippen molar-refractivity contribution in [1.29, 1.82) is 0 Å². The van der Waals surface area contributed by atoms with Crippen molar-refractivity contribution in [2.45, 2.75) is 32.2 Å². The number of aromatic carboxylic acids is 1. The molecule has 1 heterocycles. The molecule has 2 aliphatic carbocycles. The molecule has 0 amide bonds. The van der Waals surface area contributed by atoms with E-state index in [2.05, 4.69) is 10.3 Å². The summed E-state index contributed by atoms with van der Waals surface area (Å²) in [5.74, 6) is 1.74. The Hall–Kier alpha value is -1.42. The van der Waals surface area contributed by atoms with Crippen molar-refractivity contribution in [3.05, 3.63) is 29.6 Å². The maximum absolute atomic E-state index is 11.1. The van der Waals surface area contributed by atoms with Gasteiger partial charge in [-0.1, -0.05) is 0 Å². The van der Waals surface area contributed by atoms with Crippen molar-refractivity contribution in [3.63, 3.8) is 0 Å². The van der Waals surface area contributed by atoms with Gasteiger partial charge in [0.25, 0.3) is 0 Å². The lowest BCUT2D eigenvalue weighted by Gasteiger charge is -2.16. The number of carbonyl (C=O) groups is 1. The van der Waals surface area contributed by atoms with Crippen molar-refractivity contribution in [3.8, 4) is 0 Å². The molecule has 1 aromatic heterocycles. The van der Waals surface area contributed by atoms with Gasteiger partial charge in [0.15, 0.2) is 0 Å². The lowest BCUT2D eigenvalue weighted by Crippen LogP contribution is -2.26. The van der Waals surface area contributed by atoms with Crippen LogP contribution < -0.4 is 5.32 Å². The van der Waals surface area contributed by atoms with Gasteiger partial charge in [0, 0.05) is 12.7 Å². The molecule has 19 heavy (non-hydrogen) atoms. The summed E-state index contributed by atoms with van der Waals surface area (Å²) in [5.41, 5.74) is 0.949. The lowest BCUT2D eigenvalue weighted by atomic mass is 9.98. The van der Waals surface area contributed by atoms with E-state index < -0.39 is 5.97 Å². The van der Waals surface area contributed by atoms with E-state index in [9.17, 15) is 4.79 Å². The number of hydrogen-bond donors (Lipinski definition) is 2. The second kappa shape index (κ2) is 5.29. The van der Waals surface area contributed by atoms with E-state index in [-0.39, 0.29) is 0 Å². The van der Waals surface area contributed by atoms with Crippen LogP contribution in [0, 0.1) is 17.8 Å². The van der Waals surface area contributed by atoms with Gasteiger partial charge in [-0.15, -0.1) is 0 Å². The molecule has 2 aliphatic rings. The van der Waals surface area contributed by atoms with Gasteiger partial charge in [-0.05, 0) is 62.1 Å². The van der Waals surface area contributed by atoms with E-state index in [1.165, 1.54) is 25.7 Å². The lowest BCUT2D eigenvalue weighted by molar-refractivity contribution is 0.0695. The van der Waals surface area contributed by atoms with Crippen molar-refractivity contribution in [1.82, 2.24) is 10.3 Å². The molecule has 0 atom stereocenters. The Morgan fingerprint density at radius 2 is 2.05 bits per heavy atom. The normalized spacial score (nSPS) is 18.8. The summed E-state index contributed by atoms with van der Waals surface area (Å²) in [6.07, 6.45) is 7.18. The van der Waals surface area contributed by atoms with Gasteiger partial charge in [0.05, 0.1) is 11.3 Å². The number of pyridine rings is 1. The van der Waals surface area contributed by atoms with E-state index >= 15 is 0 Å². The summed E-state index contributed by atoms with van der Waals surface area (Å²) in [6.45, 7) is 1.56. The van der Waals surface area contributed by atoms with Crippen molar-refractivity contribution in [2.75, 3.05) is 6.54 Å². The molecule has 4 nitrogen and oxygen atoms in total. The van der Waals surface area contributed by atoms with Crippen molar-refractivity contribution >= 4 is 5.97 Å². The number of hydrogen-bond acceptors (Lipinski definition) is 3. The zero-order chi connectivity index (χ0) is 13.2. The molecular weight excluding hydrogens is 240 g/mol. The van der Waals surface area contributed by atoms with Crippen LogP contribution in [0.5, 0.6) is 0 Å². The molecule has 4 heteroatoms. The fourth-order valence-corrected chi connectivity index (χ4v) is 2.90. The zero-order valence-electron chi connectivity index (χ0n) is 11.0. The third-order valence-electron chi connectivity index (χ3n) is 4.25. The smallest absolute Gasteiger partial charge is 0.337 e. The number of rotatable bonds is 7. The number of aromatic nitrogens is 1. The third kappa shape index (κ3) is 3.13. The Bertz CT molecular complexity index is 455. The molecule has 0 saturated heterocycles. The SMILES string of the molecule is O=C(O)c1cccnc1CNCC(C1CC1)C1CC1. The van der Waals surface area contributed by atoms with E-state index in [1.807, 2.05) is 0 Å². The molecule has 3 rings (SSSR count). The van der Waals surface area contributed by atoms with Crippen LogP contribution in [-0.4, -0.2) is 22.6 Å². The first-order chi connectivity index (χ1) is 9.25. The third-order valence-corrected chi connectivity index (χ3v) is 4.25. The Kier molecular flexibility index (Phi) is 3.51. The number of carboxylic acids is 1. The first-order valence-corrected chi connectivity index (χ1v) is 7.13. The highest BCUT2D eigenvalue weighted by Crippen LogP contribution is 2.48. The topological polar surface area (TPSA) is 62.2 Å². The van der Waals surface area contributed by atoms with Gasteiger partial charge in [0.2, 0.25) is 0 Å². The second-order valence-electron chi connectivity index (χ2n) is 5.77. The molecule has 0 aromatic carbocycles. The summed E-state index contributed by atoms with van der Waals surface area (Å²) < 4.78 is 0. The average molecular weight is 260 g/mol. The Balaban J connectivity index is 1.55. The molecule has 0 spiro atoms. The highest BCUT2D eigenvalue weighted by molar-refractivity contribution is 5.88. The molecule has 0 radical (unpaired) electrons. The van der Waals surface area contributed by atoms with E-state index in [0.29, 0.717) is 17.8 Å². The van der Waals surface area contributed by atoms with Gasteiger partial charge in [-0.2, -0.15) is 0 Å². The predicted molar refractivity (Wildman–Crippen MR) is 71.8 cm³/mol. The van der Waals surface area contributed by atoms with Crippen LogP contribution in [0.4, 0.5) is 0 Å². The van der Waals surface area contributed by atoms with Gasteiger partial charge in [-0.25, -0.2) is 4.79 Å². The Labute approximate surface area is 113 Å². The van der Waals surface area contributed by atoms with Gasteiger partial charge in [-0.3, -0.25) is 4.98 Å². The fraction of sp³-hybridized carbons (Fsp3) is 0.600. The molecule has 2 saturated carbocycles. The molecular formula is C15H20N2O2. The van der Waals surface area contributed by atoms with E-state index in [0.717, 1.165) is 24.3 Å². The van der Waals surface area contributed by atoms with Gasteiger partial charge < -0.3 is 10.4 Å². The Morgan fingerprint density at radius 1 is 1.37 bits per heavy atom. The van der Waals surface area contributed by atoms with E-state index in [4.69, 9.17) is 5.11 Å².